The molecular formula is C56H36N6O2. The highest BCUT2D eigenvalue weighted by molar-refractivity contribution is 5.97. The third-order valence-electron chi connectivity index (χ3n) is 12.1. The van der Waals surface area contributed by atoms with Gasteiger partial charge in [0.1, 0.15) is 11.6 Å². The van der Waals surface area contributed by atoms with Crippen LogP contribution in [0.1, 0.15) is 0 Å². The van der Waals surface area contributed by atoms with Crippen LogP contribution in [0, 0.1) is 0 Å². The minimum Gasteiger partial charge on any atom is -0.453 e. The van der Waals surface area contributed by atoms with E-state index in [0.717, 1.165) is 113 Å². The quantitative estimate of drug-likeness (QED) is 0.166. The maximum absolute atomic E-state index is 6.30. The summed E-state index contributed by atoms with van der Waals surface area (Å²) in [7, 11) is 0. The van der Waals surface area contributed by atoms with Crippen LogP contribution in [0.3, 0.4) is 0 Å². The fourth-order valence-electron chi connectivity index (χ4n) is 9.20. The number of imidazole rings is 2. The predicted molar refractivity (Wildman–Crippen MR) is 256 cm³/mol. The van der Waals surface area contributed by atoms with E-state index in [1.165, 1.54) is 0 Å². The average Bonchev–Trinajstić information content (AvgIpc) is 3.93. The Morgan fingerprint density at radius 1 is 0.297 bits per heavy atom. The third-order valence-corrected chi connectivity index (χ3v) is 12.1. The molecule has 302 valence electrons. The minimum atomic E-state index is 0.821. The van der Waals surface area contributed by atoms with Gasteiger partial charge in [-0.05, 0) is 133 Å². The molecule has 2 aliphatic heterocycles. The monoisotopic (exact) mass is 824 g/mol. The molecule has 64 heavy (non-hydrogen) atoms. The summed E-state index contributed by atoms with van der Waals surface area (Å²) in [5, 5.41) is 0. The summed E-state index contributed by atoms with van der Waals surface area (Å²) >= 11 is 0. The van der Waals surface area contributed by atoms with E-state index < -0.39 is 0 Å². The first-order chi connectivity index (χ1) is 31.7. The van der Waals surface area contributed by atoms with Gasteiger partial charge < -0.3 is 19.3 Å². The van der Waals surface area contributed by atoms with Gasteiger partial charge in [-0.1, -0.05) is 84.9 Å². The highest BCUT2D eigenvalue weighted by Gasteiger charge is 2.28. The summed E-state index contributed by atoms with van der Waals surface area (Å²) in [6, 6.07) is 75.2. The number of ether oxygens (including phenoxy) is 2. The van der Waals surface area contributed by atoms with Crippen molar-refractivity contribution in [1.29, 1.82) is 0 Å². The van der Waals surface area contributed by atoms with E-state index in [0.29, 0.717) is 0 Å². The zero-order valence-electron chi connectivity index (χ0n) is 34.3. The minimum absolute atomic E-state index is 0.821. The van der Waals surface area contributed by atoms with Gasteiger partial charge in [-0.3, -0.25) is 9.13 Å². The number of anilines is 6. The van der Waals surface area contributed by atoms with Gasteiger partial charge in [-0.2, -0.15) is 0 Å². The largest absolute Gasteiger partial charge is 0.453 e. The molecule has 0 unspecified atom stereocenters. The molecule has 11 aromatic rings. The van der Waals surface area contributed by atoms with Crippen LogP contribution >= 0.6 is 0 Å². The molecule has 0 aliphatic carbocycles. The van der Waals surface area contributed by atoms with Crippen molar-refractivity contribution in [1.82, 2.24) is 19.1 Å². The first-order valence-electron chi connectivity index (χ1n) is 21.3. The predicted octanol–water partition coefficient (Wildman–Crippen LogP) is 14.8. The third kappa shape index (κ3) is 5.70. The number of nitrogens with zero attached hydrogens (tertiary/aromatic N) is 6. The Morgan fingerprint density at radius 3 is 0.953 bits per heavy atom. The van der Waals surface area contributed by atoms with Crippen molar-refractivity contribution in [3.8, 4) is 57.1 Å². The topological polar surface area (TPSA) is 60.6 Å². The Morgan fingerprint density at radius 2 is 0.609 bits per heavy atom. The standard InChI is InChI=1S/C56H36N6O2/c1-3-15-39(16-4-1)61-49-35-44-50(36-43(49)57-55(61)37-27-31-41(32-28-37)59-45-19-7-11-23-51(45)63-52-24-12-8-20-46(52)59)62(40-17-5-2-6-18-40)56(58-44)38-29-33-42(34-30-38)60-47-21-9-13-25-53(47)64-54-26-14-10-22-48(54)60/h1-36H. The second-order valence-electron chi connectivity index (χ2n) is 15.9. The number of fused-ring (bicyclic) bond motifs is 6. The fourth-order valence-corrected chi connectivity index (χ4v) is 9.20. The molecule has 8 heteroatoms. The molecule has 9 aromatic carbocycles. The van der Waals surface area contributed by atoms with Crippen LogP contribution in [0.15, 0.2) is 218 Å². The molecule has 4 heterocycles. The van der Waals surface area contributed by atoms with Crippen LogP contribution in [0.5, 0.6) is 23.0 Å². The molecule has 2 aromatic heterocycles. The van der Waals surface area contributed by atoms with Crippen LogP contribution in [0.2, 0.25) is 0 Å². The molecule has 13 rings (SSSR count). The molecule has 2 aliphatic rings. The van der Waals surface area contributed by atoms with Crippen molar-refractivity contribution in [3.63, 3.8) is 0 Å². The number of hydrogen-bond donors (Lipinski definition) is 0. The summed E-state index contributed by atoms with van der Waals surface area (Å²) in [4.78, 5) is 15.3. The summed E-state index contributed by atoms with van der Waals surface area (Å²) in [5.74, 6) is 4.97. The summed E-state index contributed by atoms with van der Waals surface area (Å²) in [6.07, 6.45) is 0. The molecule has 0 bridgehead atoms. The Bertz CT molecular complexity index is 3230. The van der Waals surface area contributed by atoms with Gasteiger partial charge in [-0.15, -0.1) is 0 Å². The van der Waals surface area contributed by atoms with Crippen LogP contribution in [0.4, 0.5) is 34.1 Å². The molecule has 0 amide bonds. The first-order valence-corrected chi connectivity index (χ1v) is 21.3. The second-order valence-corrected chi connectivity index (χ2v) is 15.9. The summed E-state index contributed by atoms with van der Waals surface area (Å²) < 4.78 is 17.1. The van der Waals surface area contributed by atoms with E-state index in [4.69, 9.17) is 19.4 Å². The van der Waals surface area contributed by atoms with E-state index >= 15 is 0 Å². The number of para-hydroxylation sites is 10. The SMILES string of the molecule is c1ccc(-n2c(-c3ccc(N4c5ccccc5Oc5ccccc54)cc3)nc3cc4c(cc32)nc(-c2ccc(N3c5ccccc5Oc5ccccc53)cc2)n4-c2ccccc2)cc1. The van der Waals surface area contributed by atoms with Gasteiger partial charge >= 0.3 is 0 Å². The normalized spacial score (nSPS) is 12.6. The fraction of sp³-hybridized carbons (Fsp3) is 0. The van der Waals surface area contributed by atoms with Crippen LogP contribution in [-0.4, -0.2) is 19.1 Å². The van der Waals surface area contributed by atoms with Crippen molar-refractivity contribution in [2.75, 3.05) is 9.80 Å². The summed E-state index contributed by atoms with van der Waals surface area (Å²) in [6.45, 7) is 0. The van der Waals surface area contributed by atoms with Crippen LogP contribution in [0.25, 0.3) is 56.2 Å². The van der Waals surface area contributed by atoms with Gasteiger partial charge in [0, 0.05) is 33.9 Å². The molecule has 8 nitrogen and oxygen atoms in total. The van der Waals surface area contributed by atoms with Crippen LogP contribution < -0.4 is 19.3 Å². The maximum atomic E-state index is 6.30. The van der Waals surface area contributed by atoms with E-state index in [1.807, 2.05) is 84.9 Å². The van der Waals surface area contributed by atoms with Crippen molar-refractivity contribution >= 4 is 56.2 Å². The van der Waals surface area contributed by atoms with E-state index in [9.17, 15) is 0 Å². The van der Waals surface area contributed by atoms with Gasteiger partial charge in [0.25, 0.3) is 0 Å². The number of rotatable bonds is 6. The van der Waals surface area contributed by atoms with Gasteiger partial charge in [0.15, 0.2) is 23.0 Å². The molecule has 0 saturated carbocycles. The zero-order chi connectivity index (χ0) is 42.1. The highest BCUT2D eigenvalue weighted by Crippen LogP contribution is 2.52. The lowest BCUT2D eigenvalue weighted by Gasteiger charge is -2.32. The zero-order valence-corrected chi connectivity index (χ0v) is 34.3. The van der Waals surface area contributed by atoms with Gasteiger partial charge in [-0.25, -0.2) is 9.97 Å². The van der Waals surface area contributed by atoms with E-state index in [-0.39, 0.29) is 0 Å². The molecule has 0 spiro atoms. The lowest BCUT2D eigenvalue weighted by molar-refractivity contribution is 0.477. The highest BCUT2D eigenvalue weighted by atomic mass is 16.5. The molecular weight excluding hydrogens is 789 g/mol. The lowest BCUT2D eigenvalue weighted by atomic mass is 10.1. The van der Waals surface area contributed by atoms with Crippen molar-refractivity contribution in [2.24, 2.45) is 0 Å². The Labute approximate surface area is 368 Å². The molecule has 0 fully saturated rings. The first kappa shape index (κ1) is 35.8. The van der Waals surface area contributed by atoms with E-state index in [1.54, 1.807) is 0 Å². The number of hydrogen-bond acceptors (Lipinski definition) is 6. The number of benzene rings is 9. The van der Waals surface area contributed by atoms with Crippen LogP contribution in [-0.2, 0) is 0 Å². The summed E-state index contributed by atoms with van der Waals surface area (Å²) in [5.41, 5.74) is 13.7. The second kappa shape index (κ2) is 14.4. The van der Waals surface area contributed by atoms with Crippen molar-refractivity contribution < 1.29 is 9.47 Å². The maximum Gasteiger partial charge on any atom is 0.151 e. The van der Waals surface area contributed by atoms with Crippen molar-refractivity contribution in [3.05, 3.63) is 218 Å². The average molecular weight is 825 g/mol. The Kier molecular flexibility index (Phi) is 8.04. The van der Waals surface area contributed by atoms with Crippen molar-refractivity contribution in [2.45, 2.75) is 0 Å². The Balaban J connectivity index is 0.939. The molecule has 0 saturated heterocycles. The van der Waals surface area contributed by atoms with Gasteiger partial charge in [0.2, 0.25) is 0 Å². The smallest absolute Gasteiger partial charge is 0.151 e. The lowest BCUT2D eigenvalue weighted by Crippen LogP contribution is -2.15. The molecule has 0 N–H and O–H groups in total. The number of aromatic nitrogens is 4. The Hall–Kier alpha value is -8.88. The van der Waals surface area contributed by atoms with Gasteiger partial charge in [0.05, 0.1) is 44.8 Å². The molecule has 0 radical (unpaired) electrons. The van der Waals surface area contributed by atoms with E-state index in [2.05, 4.69) is 152 Å². The molecule has 0 atom stereocenters.